The summed E-state index contributed by atoms with van der Waals surface area (Å²) in [6.45, 7) is 3.07. The first-order valence-corrected chi connectivity index (χ1v) is 7.05. The Bertz CT molecular complexity index is 572. The predicted molar refractivity (Wildman–Crippen MR) is 75.1 cm³/mol. The maximum absolute atomic E-state index is 11.3. The van der Waals surface area contributed by atoms with Crippen molar-refractivity contribution >= 4 is 23.5 Å². The maximum atomic E-state index is 11.3. The van der Waals surface area contributed by atoms with Gasteiger partial charge in [-0.25, -0.2) is 0 Å². The third-order valence-corrected chi connectivity index (χ3v) is 4.46. The standard InChI is InChI=1S/C13H18ClN3O4/c1-7-9(11(14)16(2)15-7)5-17-4-3-8(12(18)19)10(6-17)13(20)21/h8,10H,3-6H2,1-2H3,(H,18,19)(H,20,21). The Hall–Kier alpha value is -1.60. The predicted octanol–water partition coefficient (Wildman–Crippen LogP) is 0.989. The summed E-state index contributed by atoms with van der Waals surface area (Å²) in [5.74, 6) is -3.84. The monoisotopic (exact) mass is 315 g/mol. The summed E-state index contributed by atoms with van der Waals surface area (Å²) in [7, 11) is 1.75. The number of carboxylic acids is 2. The van der Waals surface area contributed by atoms with E-state index in [1.807, 2.05) is 11.8 Å². The Morgan fingerprint density at radius 1 is 1.33 bits per heavy atom. The number of hydrogen-bond donors (Lipinski definition) is 2. The summed E-state index contributed by atoms with van der Waals surface area (Å²) >= 11 is 6.17. The van der Waals surface area contributed by atoms with Crippen LogP contribution in [0, 0.1) is 18.8 Å². The molecule has 0 aliphatic carbocycles. The molecule has 21 heavy (non-hydrogen) atoms. The minimum Gasteiger partial charge on any atom is -0.481 e. The fourth-order valence-corrected chi connectivity index (χ4v) is 3.02. The molecule has 0 saturated carbocycles. The van der Waals surface area contributed by atoms with Gasteiger partial charge in [0.25, 0.3) is 0 Å². The van der Waals surface area contributed by atoms with E-state index in [4.69, 9.17) is 16.7 Å². The molecule has 2 heterocycles. The molecule has 1 saturated heterocycles. The molecular formula is C13H18ClN3O4. The SMILES string of the molecule is Cc1nn(C)c(Cl)c1CN1CCC(C(=O)O)C(C(=O)O)C1. The normalized spacial score (nSPS) is 23.2. The maximum Gasteiger partial charge on any atom is 0.308 e. The van der Waals surface area contributed by atoms with Crippen LogP contribution in [-0.4, -0.2) is 49.9 Å². The largest absolute Gasteiger partial charge is 0.481 e. The zero-order chi connectivity index (χ0) is 15.7. The summed E-state index contributed by atoms with van der Waals surface area (Å²) in [6.07, 6.45) is 0.323. The van der Waals surface area contributed by atoms with Gasteiger partial charge in [-0.3, -0.25) is 19.2 Å². The molecule has 0 aromatic carbocycles. The van der Waals surface area contributed by atoms with Crippen molar-refractivity contribution in [3.8, 4) is 0 Å². The lowest BCUT2D eigenvalue weighted by atomic mass is 9.85. The molecule has 0 amide bonds. The van der Waals surface area contributed by atoms with E-state index in [0.29, 0.717) is 24.7 Å². The molecule has 1 aromatic rings. The molecule has 1 aromatic heterocycles. The summed E-state index contributed by atoms with van der Waals surface area (Å²) in [5.41, 5.74) is 1.66. The number of likely N-dealkylation sites (tertiary alicyclic amines) is 1. The Kier molecular flexibility index (Phi) is 4.53. The number of rotatable bonds is 4. The fourth-order valence-electron chi connectivity index (χ4n) is 2.79. The number of aromatic nitrogens is 2. The third-order valence-electron chi connectivity index (χ3n) is 3.98. The Labute approximate surface area is 127 Å². The number of hydrogen-bond acceptors (Lipinski definition) is 4. The lowest BCUT2D eigenvalue weighted by Crippen LogP contribution is -2.46. The lowest BCUT2D eigenvalue weighted by molar-refractivity contribution is -0.157. The summed E-state index contributed by atoms with van der Waals surface area (Å²) in [5, 5.41) is 23.1. The number of nitrogens with zero attached hydrogens (tertiary/aromatic N) is 3. The van der Waals surface area contributed by atoms with Crippen LogP contribution < -0.4 is 0 Å². The average molecular weight is 316 g/mol. The Morgan fingerprint density at radius 2 is 1.95 bits per heavy atom. The van der Waals surface area contributed by atoms with Gasteiger partial charge in [0.15, 0.2) is 0 Å². The van der Waals surface area contributed by atoms with Gasteiger partial charge in [0, 0.05) is 25.7 Å². The number of halogens is 1. The number of carboxylic acid groups (broad SMARTS) is 2. The minimum absolute atomic E-state index is 0.205. The highest BCUT2D eigenvalue weighted by Gasteiger charge is 2.38. The van der Waals surface area contributed by atoms with Crippen LogP contribution in [0.3, 0.4) is 0 Å². The quantitative estimate of drug-likeness (QED) is 0.860. The fraction of sp³-hybridized carbons (Fsp3) is 0.615. The topological polar surface area (TPSA) is 95.7 Å². The van der Waals surface area contributed by atoms with E-state index in [1.165, 1.54) is 0 Å². The molecule has 0 spiro atoms. The van der Waals surface area contributed by atoms with Gasteiger partial charge in [-0.05, 0) is 19.9 Å². The van der Waals surface area contributed by atoms with Gasteiger partial charge in [-0.15, -0.1) is 0 Å². The summed E-state index contributed by atoms with van der Waals surface area (Å²) in [6, 6.07) is 0. The zero-order valence-corrected chi connectivity index (χ0v) is 12.7. The van der Waals surface area contributed by atoms with Crippen LogP contribution in [0.1, 0.15) is 17.7 Å². The van der Waals surface area contributed by atoms with Crippen LogP contribution in [-0.2, 0) is 23.2 Å². The van der Waals surface area contributed by atoms with Crippen molar-refractivity contribution in [3.05, 3.63) is 16.4 Å². The van der Waals surface area contributed by atoms with E-state index in [1.54, 1.807) is 11.7 Å². The van der Waals surface area contributed by atoms with Crippen molar-refractivity contribution in [2.24, 2.45) is 18.9 Å². The van der Waals surface area contributed by atoms with E-state index in [2.05, 4.69) is 5.10 Å². The first-order valence-electron chi connectivity index (χ1n) is 6.67. The molecule has 2 N–H and O–H groups in total. The second kappa shape index (κ2) is 6.03. The summed E-state index contributed by atoms with van der Waals surface area (Å²) < 4.78 is 1.57. The highest BCUT2D eigenvalue weighted by molar-refractivity contribution is 6.30. The second-order valence-electron chi connectivity index (χ2n) is 5.39. The molecule has 2 atom stereocenters. The molecule has 2 unspecified atom stereocenters. The van der Waals surface area contributed by atoms with Gasteiger partial charge in [0.1, 0.15) is 5.15 Å². The smallest absolute Gasteiger partial charge is 0.308 e. The number of aliphatic carboxylic acids is 2. The van der Waals surface area contributed by atoms with Gasteiger partial charge in [0.2, 0.25) is 0 Å². The van der Waals surface area contributed by atoms with Crippen molar-refractivity contribution in [2.75, 3.05) is 13.1 Å². The van der Waals surface area contributed by atoms with Crippen molar-refractivity contribution in [2.45, 2.75) is 19.9 Å². The van der Waals surface area contributed by atoms with E-state index in [0.717, 1.165) is 11.3 Å². The Morgan fingerprint density at radius 3 is 2.43 bits per heavy atom. The first-order chi connectivity index (χ1) is 9.81. The number of aryl methyl sites for hydroxylation is 2. The molecule has 7 nitrogen and oxygen atoms in total. The van der Waals surface area contributed by atoms with Gasteiger partial charge in [-0.1, -0.05) is 11.6 Å². The number of carbonyl (C=O) groups is 2. The molecule has 0 bridgehead atoms. The van der Waals surface area contributed by atoms with E-state index < -0.39 is 23.8 Å². The highest BCUT2D eigenvalue weighted by Crippen LogP contribution is 2.27. The van der Waals surface area contributed by atoms with Crippen molar-refractivity contribution in [1.29, 1.82) is 0 Å². The Balaban J connectivity index is 2.13. The molecule has 2 rings (SSSR count). The van der Waals surface area contributed by atoms with Crippen LogP contribution in [0.4, 0.5) is 0 Å². The van der Waals surface area contributed by atoms with Crippen LogP contribution in [0.15, 0.2) is 0 Å². The number of piperidine rings is 1. The minimum atomic E-state index is -1.07. The molecular weight excluding hydrogens is 298 g/mol. The van der Waals surface area contributed by atoms with Crippen LogP contribution >= 0.6 is 11.6 Å². The second-order valence-corrected chi connectivity index (χ2v) is 5.75. The van der Waals surface area contributed by atoms with Gasteiger partial charge in [0.05, 0.1) is 17.5 Å². The third kappa shape index (κ3) is 3.19. The average Bonchev–Trinajstić information content (AvgIpc) is 2.65. The molecule has 1 aliphatic heterocycles. The van der Waals surface area contributed by atoms with Crippen LogP contribution in [0.25, 0.3) is 0 Å². The van der Waals surface area contributed by atoms with Gasteiger partial charge in [-0.2, -0.15) is 5.10 Å². The molecule has 0 radical (unpaired) electrons. The van der Waals surface area contributed by atoms with E-state index in [9.17, 15) is 14.7 Å². The van der Waals surface area contributed by atoms with Gasteiger partial charge < -0.3 is 10.2 Å². The van der Waals surface area contributed by atoms with Crippen molar-refractivity contribution in [1.82, 2.24) is 14.7 Å². The molecule has 8 heteroatoms. The zero-order valence-electron chi connectivity index (χ0n) is 11.9. The lowest BCUT2D eigenvalue weighted by Gasteiger charge is -2.34. The highest BCUT2D eigenvalue weighted by atomic mass is 35.5. The first kappa shape index (κ1) is 15.8. The van der Waals surface area contributed by atoms with Gasteiger partial charge >= 0.3 is 11.9 Å². The van der Waals surface area contributed by atoms with E-state index in [-0.39, 0.29) is 6.54 Å². The van der Waals surface area contributed by atoms with Crippen LogP contribution in [0.5, 0.6) is 0 Å². The molecule has 1 fully saturated rings. The van der Waals surface area contributed by atoms with Crippen molar-refractivity contribution in [3.63, 3.8) is 0 Å². The van der Waals surface area contributed by atoms with Crippen molar-refractivity contribution < 1.29 is 19.8 Å². The van der Waals surface area contributed by atoms with E-state index >= 15 is 0 Å². The molecule has 1 aliphatic rings. The molecule has 116 valence electrons. The summed E-state index contributed by atoms with van der Waals surface area (Å²) in [4.78, 5) is 24.3. The van der Waals surface area contributed by atoms with Crippen LogP contribution in [0.2, 0.25) is 5.15 Å².